The van der Waals surface area contributed by atoms with Gasteiger partial charge in [-0.05, 0) is 37.5 Å². The predicted molar refractivity (Wildman–Crippen MR) is 70.0 cm³/mol. The van der Waals surface area contributed by atoms with Crippen molar-refractivity contribution in [1.29, 1.82) is 0 Å². The standard InChI is InChI=1S/C14H21NO3/c1-10(16)9-18-13-6-3-11(7-14(13)17-2)8-15-12-4-5-12/h3,6-7,10,12,15-16H,4-5,8-9H2,1-2H3. The average Bonchev–Trinajstić information content (AvgIpc) is 3.18. The molecule has 2 N–H and O–H groups in total. The Morgan fingerprint density at radius 1 is 1.39 bits per heavy atom. The zero-order chi connectivity index (χ0) is 13.0. The third-order valence-corrected chi connectivity index (χ3v) is 2.88. The van der Waals surface area contributed by atoms with Crippen LogP contribution in [0, 0.1) is 0 Å². The summed E-state index contributed by atoms with van der Waals surface area (Å²) >= 11 is 0. The Morgan fingerprint density at radius 3 is 2.78 bits per heavy atom. The zero-order valence-electron chi connectivity index (χ0n) is 11.0. The molecule has 1 aliphatic rings. The molecule has 100 valence electrons. The molecule has 1 aromatic rings. The third-order valence-electron chi connectivity index (χ3n) is 2.88. The van der Waals surface area contributed by atoms with Gasteiger partial charge in [-0.2, -0.15) is 0 Å². The van der Waals surface area contributed by atoms with E-state index in [4.69, 9.17) is 9.47 Å². The molecule has 0 aromatic heterocycles. The summed E-state index contributed by atoms with van der Waals surface area (Å²) in [6, 6.07) is 6.59. The minimum Gasteiger partial charge on any atom is -0.493 e. The molecule has 18 heavy (non-hydrogen) atoms. The number of rotatable bonds is 7. The van der Waals surface area contributed by atoms with Crippen LogP contribution >= 0.6 is 0 Å². The molecule has 1 aliphatic carbocycles. The normalized spacial score (nSPS) is 16.4. The highest BCUT2D eigenvalue weighted by molar-refractivity contribution is 5.43. The van der Waals surface area contributed by atoms with Crippen LogP contribution in [0.25, 0.3) is 0 Å². The first-order valence-electron chi connectivity index (χ1n) is 6.40. The van der Waals surface area contributed by atoms with E-state index >= 15 is 0 Å². The van der Waals surface area contributed by atoms with E-state index in [2.05, 4.69) is 5.32 Å². The van der Waals surface area contributed by atoms with Crippen molar-refractivity contribution < 1.29 is 14.6 Å². The SMILES string of the molecule is COc1cc(CNC2CC2)ccc1OCC(C)O. The van der Waals surface area contributed by atoms with E-state index in [-0.39, 0.29) is 6.61 Å². The van der Waals surface area contributed by atoms with Crippen LogP contribution in [0.5, 0.6) is 11.5 Å². The summed E-state index contributed by atoms with van der Waals surface area (Å²) in [7, 11) is 1.63. The van der Waals surface area contributed by atoms with Crippen LogP contribution in [0.2, 0.25) is 0 Å². The van der Waals surface area contributed by atoms with E-state index in [1.165, 1.54) is 18.4 Å². The van der Waals surface area contributed by atoms with Gasteiger partial charge < -0.3 is 19.9 Å². The van der Waals surface area contributed by atoms with Crippen LogP contribution in [0.4, 0.5) is 0 Å². The highest BCUT2D eigenvalue weighted by atomic mass is 16.5. The van der Waals surface area contributed by atoms with Crippen molar-refractivity contribution in [3.8, 4) is 11.5 Å². The van der Waals surface area contributed by atoms with Crippen LogP contribution in [-0.4, -0.2) is 31.0 Å². The van der Waals surface area contributed by atoms with Crippen molar-refractivity contribution in [3.05, 3.63) is 23.8 Å². The first kappa shape index (κ1) is 13.2. The largest absolute Gasteiger partial charge is 0.493 e. The van der Waals surface area contributed by atoms with E-state index < -0.39 is 6.10 Å². The van der Waals surface area contributed by atoms with Gasteiger partial charge in [0.15, 0.2) is 11.5 Å². The maximum absolute atomic E-state index is 9.21. The Labute approximate surface area is 108 Å². The number of benzene rings is 1. The first-order valence-corrected chi connectivity index (χ1v) is 6.40. The molecule has 1 fully saturated rings. The molecule has 4 nitrogen and oxygen atoms in total. The summed E-state index contributed by atoms with van der Waals surface area (Å²) in [5.74, 6) is 1.39. The molecule has 2 rings (SSSR count). The highest BCUT2D eigenvalue weighted by Gasteiger charge is 2.20. The van der Waals surface area contributed by atoms with Crippen molar-refractivity contribution in [2.75, 3.05) is 13.7 Å². The minimum atomic E-state index is -0.481. The summed E-state index contributed by atoms with van der Waals surface area (Å²) in [6.45, 7) is 2.83. The number of hydrogen-bond donors (Lipinski definition) is 2. The lowest BCUT2D eigenvalue weighted by atomic mass is 10.2. The second-order valence-corrected chi connectivity index (χ2v) is 4.80. The molecule has 0 heterocycles. The quantitative estimate of drug-likeness (QED) is 0.774. The topological polar surface area (TPSA) is 50.7 Å². The number of ether oxygens (including phenoxy) is 2. The first-order chi connectivity index (χ1) is 8.69. The van der Waals surface area contributed by atoms with Gasteiger partial charge in [-0.1, -0.05) is 6.07 Å². The lowest BCUT2D eigenvalue weighted by molar-refractivity contribution is 0.120. The van der Waals surface area contributed by atoms with Gasteiger partial charge in [-0.25, -0.2) is 0 Å². The fourth-order valence-electron chi connectivity index (χ4n) is 1.70. The molecule has 1 unspecified atom stereocenters. The van der Waals surface area contributed by atoms with Gasteiger partial charge in [-0.15, -0.1) is 0 Å². The average molecular weight is 251 g/mol. The molecule has 1 atom stereocenters. The van der Waals surface area contributed by atoms with Crippen LogP contribution in [0.1, 0.15) is 25.3 Å². The zero-order valence-corrected chi connectivity index (χ0v) is 11.0. The lowest BCUT2D eigenvalue weighted by Gasteiger charge is -2.13. The molecule has 0 spiro atoms. The van der Waals surface area contributed by atoms with Crippen molar-refractivity contribution in [3.63, 3.8) is 0 Å². The Hall–Kier alpha value is -1.26. The van der Waals surface area contributed by atoms with Gasteiger partial charge in [-0.3, -0.25) is 0 Å². The molecule has 4 heteroatoms. The van der Waals surface area contributed by atoms with E-state index in [0.717, 1.165) is 6.54 Å². The molecule has 0 bridgehead atoms. The molecular weight excluding hydrogens is 230 g/mol. The molecular formula is C14H21NO3. The Morgan fingerprint density at radius 2 is 2.17 bits per heavy atom. The van der Waals surface area contributed by atoms with E-state index in [0.29, 0.717) is 17.5 Å². The van der Waals surface area contributed by atoms with Crippen LogP contribution in [0.15, 0.2) is 18.2 Å². The Bertz CT molecular complexity index is 389. The molecule has 0 radical (unpaired) electrons. The molecule has 0 amide bonds. The summed E-state index contributed by atoms with van der Waals surface area (Å²) in [6.07, 6.45) is 2.09. The number of aliphatic hydroxyl groups is 1. The van der Waals surface area contributed by atoms with Crippen molar-refractivity contribution >= 4 is 0 Å². The maximum atomic E-state index is 9.21. The summed E-state index contributed by atoms with van der Waals surface area (Å²) in [5, 5.41) is 12.7. The predicted octanol–water partition coefficient (Wildman–Crippen LogP) is 1.71. The van der Waals surface area contributed by atoms with Gasteiger partial charge in [0, 0.05) is 12.6 Å². The maximum Gasteiger partial charge on any atom is 0.161 e. The monoisotopic (exact) mass is 251 g/mol. The highest BCUT2D eigenvalue weighted by Crippen LogP contribution is 2.28. The number of nitrogens with one attached hydrogen (secondary N) is 1. The second-order valence-electron chi connectivity index (χ2n) is 4.80. The number of methoxy groups -OCH3 is 1. The van der Waals surface area contributed by atoms with E-state index in [1.54, 1.807) is 14.0 Å². The van der Waals surface area contributed by atoms with Crippen LogP contribution in [0.3, 0.4) is 0 Å². The fraction of sp³-hybridized carbons (Fsp3) is 0.571. The fourth-order valence-corrected chi connectivity index (χ4v) is 1.70. The summed E-state index contributed by atoms with van der Waals surface area (Å²) < 4.78 is 10.8. The van der Waals surface area contributed by atoms with Crippen LogP contribution in [-0.2, 0) is 6.54 Å². The molecule has 0 aliphatic heterocycles. The molecule has 1 aromatic carbocycles. The minimum absolute atomic E-state index is 0.274. The van der Waals surface area contributed by atoms with Gasteiger partial charge in [0.1, 0.15) is 6.61 Å². The molecule has 0 saturated heterocycles. The van der Waals surface area contributed by atoms with E-state index in [1.807, 2.05) is 18.2 Å². The van der Waals surface area contributed by atoms with Gasteiger partial charge in [0.05, 0.1) is 13.2 Å². The number of hydrogen-bond acceptors (Lipinski definition) is 4. The lowest BCUT2D eigenvalue weighted by Crippen LogP contribution is -2.16. The Kier molecular flexibility index (Phi) is 4.44. The van der Waals surface area contributed by atoms with Gasteiger partial charge >= 0.3 is 0 Å². The van der Waals surface area contributed by atoms with Crippen molar-refractivity contribution in [2.24, 2.45) is 0 Å². The Balaban J connectivity index is 1.97. The van der Waals surface area contributed by atoms with E-state index in [9.17, 15) is 5.11 Å². The summed E-state index contributed by atoms with van der Waals surface area (Å²) in [5.41, 5.74) is 1.18. The second kappa shape index (κ2) is 6.07. The summed E-state index contributed by atoms with van der Waals surface area (Å²) in [4.78, 5) is 0. The number of aliphatic hydroxyl groups excluding tert-OH is 1. The van der Waals surface area contributed by atoms with Crippen molar-refractivity contribution in [2.45, 2.75) is 38.5 Å². The smallest absolute Gasteiger partial charge is 0.161 e. The van der Waals surface area contributed by atoms with Crippen LogP contribution < -0.4 is 14.8 Å². The van der Waals surface area contributed by atoms with Gasteiger partial charge in [0.25, 0.3) is 0 Å². The van der Waals surface area contributed by atoms with Crippen molar-refractivity contribution in [1.82, 2.24) is 5.32 Å². The van der Waals surface area contributed by atoms with Gasteiger partial charge in [0.2, 0.25) is 0 Å². The third kappa shape index (κ3) is 3.89. The molecule has 1 saturated carbocycles.